The number of aliphatic carboxylic acids is 1. The van der Waals surface area contributed by atoms with Gasteiger partial charge < -0.3 is 15.1 Å². The van der Waals surface area contributed by atoms with Gasteiger partial charge in [0.05, 0.1) is 5.56 Å². The first-order chi connectivity index (χ1) is 8.91. The minimum Gasteiger partial charge on any atom is -0.507 e. The third-order valence-electron chi connectivity index (χ3n) is 3.60. The number of hydrogen-bond acceptors (Lipinski definition) is 3. The van der Waals surface area contributed by atoms with Crippen molar-refractivity contribution in [1.82, 2.24) is 4.90 Å². The van der Waals surface area contributed by atoms with Crippen LogP contribution in [-0.4, -0.2) is 39.6 Å². The van der Waals surface area contributed by atoms with E-state index in [0.717, 1.165) is 5.56 Å². The summed E-state index contributed by atoms with van der Waals surface area (Å²) in [6, 6.07) is 3.95. The van der Waals surface area contributed by atoms with E-state index in [0.29, 0.717) is 13.0 Å². The molecule has 0 bridgehead atoms. The van der Waals surface area contributed by atoms with Crippen LogP contribution in [0.1, 0.15) is 29.3 Å². The van der Waals surface area contributed by atoms with Crippen molar-refractivity contribution < 1.29 is 19.8 Å². The van der Waals surface area contributed by atoms with E-state index in [-0.39, 0.29) is 17.2 Å². The van der Waals surface area contributed by atoms with Crippen molar-refractivity contribution in [2.24, 2.45) is 5.92 Å². The lowest BCUT2D eigenvalue weighted by Gasteiger charge is -2.23. The standard InChI is InChI=1S/C14H17NO4/c1-8-3-4-10(11(16)7-8)13(17)15-6-5-9(2)12(15)14(18)19/h3-4,7,9,12,16H,5-6H2,1-2H3,(H,18,19). The molecule has 1 aromatic carbocycles. The first-order valence-electron chi connectivity index (χ1n) is 6.25. The number of carboxylic acid groups (broad SMARTS) is 1. The van der Waals surface area contributed by atoms with Crippen LogP contribution in [0.25, 0.3) is 0 Å². The quantitative estimate of drug-likeness (QED) is 0.850. The van der Waals surface area contributed by atoms with Gasteiger partial charge in [0.2, 0.25) is 0 Å². The maximum absolute atomic E-state index is 12.3. The Balaban J connectivity index is 2.31. The Hall–Kier alpha value is -2.04. The third-order valence-corrected chi connectivity index (χ3v) is 3.60. The summed E-state index contributed by atoms with van der Waals surface area (Å²) in [7, 11) is 0. The van der Waals surface area contributed by atoms with Gasteiger partial charge in [-0.1, -0.05) is 13.0 Å². The summed E-state index contributed by atoms with van der Waals surface area (Å²) in [5.74, 6) is -1.60. The molecule has 0 aliphatic carbocycles. The largest absolute Gasteiger partial charge is 0.507 e. The highest BCUT2D eigenvalue weighted by molar-refractivity contribution is 5.99. The van der Waals surface area contributed by atoms with Crippen LogP contribution in [-0.2, 0) is 4.79 Å². The molecule has 1 aliphatic rings. The average Bonchev–Trinajstić information content (AvgIpc) is 2.70. The van der Waals surface area contributed by atoms with Crippen molar-refractivity contribution in [3.63, 3.8) is 0 Å². The Bertz CT molecular complexity index is 526. The number of nitrogens with zero attached hydrogens (tertiary/aromatic N) is 1. The first-order valence-corrected chi connectivity index (χ1v) is 6.25. The van der Waals surface area contributed by atoms with E-state index in [1.54, 1.807) is 6.07 Å². The minimum absolute atomic E-state index is 0.0750. The number of hydrogen-bond donors (Lipinski definition) is 2. The van der Waals surface area contributed by atoms with Crippen LogP contribution in [0.5, 0.6) is 5.75 Å². The molecule has 5 heteroatoms. The summed E-state index contributed by atoms with van der Waals surface area (Å²) in [5.41, 5.74) is 1.00. The second kappa shape index (κ2) is 4.91. The lowest BCUT2D eigenvalue weighted by molar-refractivity contribution is -0.142. The molecule has 2 atom stereocenters. The molecule has 1 amide bonds. The van der Waals surface area contributed by atoms with Crippen LogP contribution in [0, 0.1) is 12.8 Å². The van der Waals surface area contributed by atoms with E-state index in [1.165, 1.54) is 17.0 Å². The van der Waals surface area contributed by atoms with Crippen LogP contribution in [0.15, 0.2) is 18.2 Å². The average molecular weight is 263 g/mol. The Morgan fingerprint density at radius 1 is 1.37 bits per heavy atom. The molecule has 1 fully saturated rings. The molecule has 2 rings (SSSR count). The van der Waals surface area contributed by atoms with E-state index in [9.17, 15) is 19.8 Å². The van der Waals surface area contributed by atoms with Gasteiger partial charge in [-0.05, 0) is 37.0 Å². The summed E-state index contributed by atoms with van der Waals surface area (Å²) in [4.78, 5) is 24.9. The molecule has 0 spiro atoms. The number of aryl methyl sites for hydroxylation is 1. The fraction of sp³-hybridized carbons (Fsp3) is 0.429. The van der Waals surface area contributed by atoms with Gasteiger partial charge in [0.25, 0.3) is 5.91 Å². The smallest absolute Gasteiger partial charge is 0.326 e. The maximum Gasteiger partial charge on any atom is 0.326 e. The van der Waals surface area contributed by atoms with Crippen molar-refractivity contribution in [2.45, 2.75) is 26.3 Å². The number of carboxylic acids is 1. The lowest BCUT2D eigenvalue weighted by Crippen LogP contribution is -2.42. The monoisotopic (exact) mass is 263 g/mol. The Morgan fingerprint density at radius 2 is 2.05 bits per heavy atom. The fourth-order valence-electron chi connectivity index (χ4n) is 2.53. The van der Waals surface area contributed by atoms with Gasteiger partial charge in [-0.15, -0.1) is 0 Å². The number of aromatic hydroxyl groups is 1. The molecule has 0 radical (unpaired) electrons. The molecule has 102 valence electrons. The third kappa shape index (κ3) is 2.41. The molecule has 1 aliphatic heterocycles. The molecule has 2 unspecified atom stereocenters. The molecule has 0 saturated carbocycles. The predicted octanol–water partition coefficient (Wildman–Crippen LogP) is 1.64. The summed E-state index contributed by atoms with van der Waals surface area (Å²) in [5, 5.41) is 19.0. The Kier molecular flexibility index (Phi) is 3.46. The zero-order valence-electron chi connectivity index (χ0n) is 11.0. The summed E-state index contributed by atoms with van der Waals surface area (Å²) in [6.45, 7) is 4.04. The van der Waals surface area contributed by atoms with Crippen LogP contribution in [0.2, 0.25) is 0 Å². The van der Waals surface area contributed by atoms with Crippen LogP contribution < -0.4 is 0 Å². The molecular formula is C14H17NO4. The molecule has 1 aromatic rings. The number of phenols is 1. The first kappa shape index (κ1) is 13.4. The van der Waals surface area contributed by atoms with Gasteiger partial charge in [-0.25, -0.2) is 4.79 Å². The van der Waals surface area contributed by atoms with Gasteiger partial charge in [0, 0.05) is 6.54 Å². The van der Waals surface area contributed by atoms with Crippen LogP contribution in [0.4, 0.5) is 0 Å². The second-order valence-corrected chi connectivity index (χ2v) is 5.07. The zero-order valence-corrected chi connectivity index (χ0v) is 11.0. The van der Waals surface area contributed by atoms with Crippen molar-refractivity contribution in [3.05, 3.63) is 29.3 Å². The zero-order chi connectivity index (χ0) is 14.2. The molecule has 1 saturated heterocycles. The van der Waals surface area contributed by atoms with Gasteiger partial charge in [-0.3, -0.25) is 4.79 Å². The van der Waals surface area contributed by atoms with Crippen molar-refractivity contribution in [3.8, 4) is 5.75 Å². The number of rotatable bonds is 2. The minimum atomic E-state index is -0.995. The molecule has 2 N–H and O–H groups in total. The molecule has 1 heterocycles. The SMILES string of the molecule is Cc1ccc(C(=O)N2CCC(C)C2C(=O)O)c(O)c1. The van der Waals surface area contributed by atoms with Crippen molar-refractivity contribution in [2.75, 3.05) is 6.54 Å². The maximum atomic E-state index is 12.3. The van der Waals surface area contributed by atoms with Crippen LogP contribution in [0.3, 0.4) is 0 Å². The Morgan fingerprint density at radius 3 is 2.63 bits per heavy atom. The highest BCUT2D eigenvalue weighted by Crippen LogP contribution is 2.28. The lowest BCUT2D eigenvalue weighted by atomic mass is 10.0. The Labute approximate surface area is 111 Å². The molecule has 0 aromatic heterocycles. The van der Waals surface area contributed by atoms with Crippen LogP contribution >= 0.6 is 0 Å². The highest BCUT2D eigenvalue weighted by atomic mass is 16.4. The molecular weight excluding hydrogens is 246 g/mol. The van der Waals surface area contributed by atoms with E-state index in [1.807, 2.05) is 13.8 Å². The number of amides is 1. The van der Waals surface area contributed by atoms with E-state index in [2.05, 4.69) is 0 Å². The number of carbonyl (C=O) groups excluding carboxylic acids is 1. The van der Waals surface area contributed by atoms with Crippen molar-refractivity contribution in [1.29, 1.82) is 0 Å². The van der Waals surface area contributed by atoms with Gasteiger partial charge in [0.15, 0.2) is 0 Å². The van der Waals surface area contributed by atoms with Crippen molar-refractivity contribution >= 4 is 11.9 Å². The molecule has 5 nitrogen and oxygen atoms in total. The van der Waals surface area contributed by atoms with E-state index >= 15 is 0 Å². The van der Waals surface area contributed by atoms with Gasteiger partial charge >= 0.3 is 5.97 Å². The number of phenolic OH excluding ortho intramolecular Hbond substituents is 1. The number of likely N-dealkylation sites (tertiary alicyclic amines) is 1. The summed E-state index contributed by atoms with van der Waals surface area (Å²) >= 11 is 0. The topological polar surface area (TPSA) is 77.8 Å². The second-order valence-electron chi connectivity index (χ2n) is 5.07. The predicted molar refractivity (Wildman–Crippen MR) is 69.1 cm³/mol. The highest BCUT2D eigenvalue weighted by Gasteiger charge is 2.40. The van der Waals surface area contributed by atoms with Gasteiger partial charge in [-0.2, -0.15) is 0 Å². The van der Waals surface area contributed by atoms with E-state index < -0.39 is 17.9 Å². The number of benzene rings is 1. The fourth-order valence-corrected chi connectivity index (χ4v) is 2.53. The number of carbonyl (C=O) groups is 2. The molecule has 19 heavy (non-hydrogen) atoms. The summed E-state index contributed by atoms with van der Waals surface area (Å²) < 4.78 is 0. The normalized spacial score (nSPS) is 22.5. The summed E-state index contributed by atoms with van der Waals surface area (Å²) in [6.07, 6.45) is 0.662. The van der Waals surface area contributed by atoms with E-state index in [4.69, 9.17) is 0 Å². The van der Waals surface area contributed by atoms with Gasteiger partial charge in [0.1, 0.15) is 11.8 Å².